The molecule has 0 atom stereocenters. The molecule has 0 amide bonds. The number of nitriles is 1. The zero-order valence-corrected chi connectivity index (χ0v) is 10.7. The van der Waals surface area contributed by atoms with Crippen molar-refractivity contribution < 1.29 is 4.74 Å². The van der Waals surface area contributed by atoms with Crippen molar-refractivity contribution in [3.63, 3.8) is 0 Å². The number of hydrogen-bond acceptors (Lipinski definition) is 2. The Morgan fingerprint density at radius 2 is 2.25 bits per heavy atom. The maximum absolute atomic E-state index is 8.96. The van der Waals surface area contributed by atoms with Gasteiger partial charge in [0.05, 0.1) is 12.2 Å². The number of nitrogens with zero attached hydrogens (tertiary/aromatic N) is 1. The summed E-state index contributed by atoms with van der Waals surface area (Å²) < 4.78 is 6.56. The molecule has 0 heterocycles. The van der Waals surface area contributed by atoms with Gasteiger partial charge in [-0.25, -0.2) is 0 Å². The number of ether oxygens (including phenoxy) is 1. The minimum absolute atomic E-state index is 0.600. The molecule has 0 saturated heterocycles. The van der Waals surface area contributed by atoms with Crippen LogP contribution >= 0.6 is 15.9 Å². The lowest BCUT2D eigenvalue weighted by atomic mass is 9.83. The highest BCUT2D eigenvalue weighted by Gasteiger charge is 2.17. The van der Waals surface area contributed by atoms with Gasteiger partial charge in [0, 0.05) is 4.47 Å². The van der Waals surface area contributed by atoms with Gasteiger partial charge < -0.3 is 4.74 Å². The van der Waals surface area contributed by atoms with E-state index >= 15 is 0 Å². The van der Waals surface area contributed by atoms with Gasteiger partial charge in [0.2, 0.25) is 0 Å². The second-order valence-corrected chi connectivity index (χ2v) is 5.10. The van der Waals surface area contributed by atoms with Gasteiger partial charge in [0.1, 0.15) is 11.8 Å². The molecule has 1 aromatic rings. The highest BCUT2D eigenvalue weighted by molar-refractivity contribution is 9.10. The standard InChI is InChI=1S/C13H14BrNO/c14-12-4-5-13(11(8-12)9-15)16-7-6-10-2-1-3-10/h4-5,8,10H,1-3,6-7H2. The summed E-state index contributed by atoms with van der Waals surface area (Å²) in [5.41, 5.74) is 0.600. The molecular weight excluding hydrogens is 266 g/mol. The fourth-order valence-electron chi connectivity index (χ4n) is 1.83. The zero-order chi connectivity index (χ0) is 11.4. The number of halogens is 1. The van der Waals surface area contributed by atoms with Crippen LogP contribution in [0.4, 0.5) is 0 Å². The highest BCUT2D eigenvalue weighted by atomic mass is 79.9. The van der Waals surface area contributed by atoms with Crippen LogP contribution in [0.2, 0.25) is 0 Å². The van der Waals surface area contributed by atoms with E-state index in [-0.39, 0.29) is 0 Å². The van der Waals surface area contributed by atoms with Crippen LogP contribution in [0.3, 0.4) is 0 Å². The molecule has 3 heteroatoms. The maximum atomic E-state index is 8.96. The van der Waals surface area contributed by atoms with E-state index in [0.717, 1.165) is 23.4 Å². The van der Waals surface area contributed by atoms with Gasteiger partial charge in [-0.1, -0.05) is 35.2 Å². The molecular formula is C13H14BrNO. The quantitative estimate of drug-likeness (QED) is 0.838. The molecule has 84 valence electrons. The minimum Gasteiger partial charge on any atom is -0.492 e. The number of hydrogen-bond donors (Lipinski definition) is 0. The van der Waals surface area contributed by atoms with Crippen LogP contribution in [0.1, 0.15) is 31.2 Å². The molecule has 0 spiro atoms. The van der Waals surface area contributed by atoms with Crippen LogP contribution in [0, 0.1) is 17.2 Å². The van der Waals surface area contributed by atoms with Crippen LogP contribution in [0.25, 0.3) is 0 Å². The van der Waals surface area contributed by atoms with Gasteiger partial charge in [-0.3, -0.25) is 0 Å². The minimum atomic E-state index is 0.600. The fourth-order valence-corrected chi connectivity index (χ4v) is 2.19. The first-order valence-electron chi connectivity index (χ1n) is 5.62. The molecule has 16 heavy (non-hydrogen) atoms. The van der Waals surface area contributed by atoms with E-state index in [2.05, 4.69) is 22.0 Å². The van der Waals surface area contributed by atoms with Crippen LogP contribution in [-0.4, -0.2) is 6.61 Å². The molecule has 0 aliphatic heterocycles. The van der Waals surface area contributed by atoms with Gasteiger partial charge in [-0.15, -0.1) is 0 Å². The van der Waals surface area contributed by atoms with Crippen molar-refractivity contribution in [1.82, 2.24) is 0 Å². The zero-order valence-electron chi connectivity index (χ0n) is 9.08. The fraction of sp³-hybridized carbons (Fsp3) is 0.462. The Hall–Kier alpha value is -1.01. The van der Waals surface area contributed by atoms with Crippen molar-refractivity contribution in [2.45, 2.75) is 25.7 Å². The molecule has 0 unspecified atom stereocenters. The Morgan fingerprint density at radius 3 is 2.88 bits per heavy atom. The van der Waals surface area contributed by atoms with E-state index in [1.807, 2.05) is 12.1 Å². The molecule has 1 saturated carbocycles. The van der Waals surface area contributed by atoms with Gasteiger partial charge >= 0.3 is 0 Å². The van der Waals surface area contributed by atoms with Crippen LogP contribution in [0.15, 0.2) is 22.7 Å². The van der Waals surface area contributed by atoms with Crippen molar-refractivity contribution in [3.05, 3.63) is 28.2 Å². The van der Waals surface area contributed by atoms with Gasteiger partial charge in [0.25, 0.3) is 0 Å². The highest BCUT2D eigenvalue weighted by Crippen LogP contribution is 2.30. The third-order valence-corrected chi connectivity index (χ3v) is 3.56. The predicted octanol–water partition coefficient (Wildman–Crippen LogP) is 3.89. The Balaban J connectivity index is 1.90. The molecule has 0 aromatic heterocycles. The van der Waals surface area contributed by atoms with E-state index in [0.29, 0.717) is 11.3 Å². The lowest BCUT2D eigenvalue weighted by Gasteiger charge is -2.25. The SMILES string of the molecule is N#Cc1cc(Br)ccc1OCCC1CCC1. The van der Waals surface area contributed by atoms with E-state index in [1.165, 1.54) is 19.3 Å². The first-order chi connectivity index (χ1) is 7.79. The summed E-state index contributed by atoms with van der Waals surface area (Å²) in [4.78, 5) is 0. The molecule has 0 bridgehead atoms. The smallest absolute Gasteiger partial charge is 0.137 e. The van der Waals surface area contributed by atoms with E-state index in [1.54, 1.807) is 6.07 Å². The van der Waals surface area contributed by atoms with Crippen molar-refractivity contribution in [2.24, 2.45) is 5.92 Å². The first kappa shape index (κ1) is 11.5. The van der Waals surface area contributed by atoms with Crippen molar-refractivity contribution in [3.8, 4) is 11.8 Å². The summed E-state index contributed by atoms with van der Waals surface area (Å²) in [5.74, 6) is 1.55. The summed E-state index contributed by atoms with van der Waals surface area (Å²) in [7, 11) is 0. The largest absolute Gasteiger partial charge is 0.492 e. The molecule has 1 aliphatic carbocycles. The topological polar surface area (TPSA) is 33.0 Å². The molecule has 1 aliphatic rings. The summed E-state index contributed by atoms with van der Waals surface area (Å²) >= 11 is 3.34. The van der Waals surface area contributed by atoms with Gasteiger partial charge in [0.15, 0.2) is 0 Å². The second-order valence-electron chi connectivity index (χ2n) is 4.19. The molecule has 0 N–H and O–H groups in total. The third-order valence-electron chi connectivity index (χ3n) is 3.07. The molecule has 0 radical (unpaired) electrons. The Bertz CT molecular complexity index is 407. The monoisotopic (exact) mass is 279 g/mol. The Labute approximate surface area is 104 Å². The third kappa shape index (κ3) is 2.76. The molecule has 2 nitrogen and oxygen atoms in total. The lowest BCUT2D eigenvalue weighted by molar-refractivity contribution is 0.221. The van der Waals surface area contributed by atoms with E-state index in [4.69, 9.17) is 10.00 Å². The maximum Gasteiger partial charge on any atom is 0.137 e. The first-order valence-corrected chi connectivity index (χ1v) is 6.41. The average molecular weight is 280 g/mol. The van der Waals surface area contributed by atoms with E-state index < -0.39 is 0 Å². The van der Waals surface area contributed by atoms with Crippen LogP contribution in [-0.2, 0) is 0 Å². The van der Waals surface area contributed by atoms with Crippen LogP contribution in [0.5, 0.6) is 5.75 Å². The van der Waals surface area contributed by atoms with E-state index in [9.17, 15) is 0 Å². The van der Waals surface area contributed by atoms with Crippen molar-refractivity contribution in [1.29, 1.82) is 5.26 Å². The molecule has 2 rings (SSSR count). The molecule has 1 fully saturated rings. The molecule has 1 aromatic carbocycles. The Kier molecular flexibility index (Phi) is 3.84. The number of benzene rings is 1. The summed E-state index contributed by atoms with van der Waals surface area (Å²) in [6.07, 6.45) is 5.16. The lowest BCUT2D eigenvalue weighted by Crippen LogP contribution is -2.14. The van der Waals surface area contributed by atoms with Crippen molar-refractivity contribution in [2.75, 3.05) is 6.61 Å². The van der Waals surface area contributed by atoms with Crippen LogP contribution < -0.4 is 4.74 Å². The average Bonchev–Trinajstić information content (AvgIpc) is 2.23. The summed E-state index contributed by atoms with van der Waals surface area (Å²) in [6, 6.07) is 7.69. The summed E-state index contributed by atoms with van der Waals surface area (Å²) in [5, 5.41) is 8.96. The Morgan fingerprint density at radius 1 is 1.44 bits per heavy atom. The second kappa shape index (κ2) is 5.36. The van der Waals surface area contributed by atoms with Crippen molar-refractivity contribution >= 4 is 15.9 Å². The normalized spacial score (nSPS) is 15.2. The van der Waals surface area contributed by atoms with Gasteiger partial charge in [-0.05, 0) is 30.5 Å². The predicted molar refractivity (Wildman–Crippen MR) is 66.3 cm³/mol. The number of rotatable bonds is 4. The van der Waals surface area contributed by atoms with Gasteiger partial charge in [-0.2, -0.15) is 5.26 Å². The summed E-state index contributed by atoms with van der Waals surface area (Å²) in [6.45, 7) is 0.723.